The van der Waals surface area contributed by atoms with Crippen molar-refractivity contribution in [3.63, 3.8) is 0 Å². The van der Waals surface area contributed by atoms with Gasteiger partial charge in [-0.2, -0.15) is 0 Å². The Balaban J connectivity index is 2.11. The van der Waals surface area contributed by atoms with Crippen molar-refractivity contribution in [2.45, 2.75) is 32.6 Å². The lowest BCUT2D eigenvalue weighted by Gasteiger charge is -2.45. The van der Waals surface area contributed by atoms with Crippen molar-refractivity contribution in [1.82, 2.24) is 0 Å². The molecule has 3 atom stereocenters. The Kier molecular flexibility index (Phi) is 4.46. The average molecular weight is 259 g/mol. The van der Waals surface area contributed by atoms with Crippen molar-refractivity contribution in [1.29, 1.82) is 0 Å². The first-order valence-corrected chi connectivity index (χ1v) is 7.23. The summed E-state index contributed by atoms with van der Waals surface area (Å²) in [6.07, 6.45) is 10.5. The lowest BCUT2D eigenvalue weighted by molar-refractivity contribution is 0.183. The van der Waals surface area contributed by atoms with Crippen LogP contribution in [-0.2, 0) is 0 Å². The van der Waals surface area contributed by atoms with E-state index in [2.05, 4.69) is 13.5 Å². The van der Waals surface area contributed by atoms with Crippen molar-refractivity contribution in [3.8, 4) is 0 Å². The van der Waals surface area contributed by atoms with E-state index in [1.165, 1.54) is 30.5 Å². The largest absolute Gasteiger partial charge is 0.404 e. The zero-order valence-electron chi connectivity index (χ0n) is 11.8. The molecular formula is C16H25N3. The maximum absolute atomic E-state index is 5.78. The van der Waals surface area contributed by atoms with Crippen molar-refractivity contribution in [2.75, 3.05) is 6.54 Å². The Morgan fingerprint density at radius 1 is 1.42 bits per heavy atom. The van der Waals surface area contributed by atoms with E-state index in [-0.39, 0.29) is 0 Å². The third-order valence-electron chi connectivity index (χ3n) is 4.40. The smallest absolute Gasteiger partial charge is 0.0360 e. The van der Waals surface area contributed by atoms with E-state index < -0.39 is 0 Å². The number of hydrogen-bond donors (Lipinski definition) is 2. The molecule has 2 fully saturated rings. The highest BCUT2D eigenvalue weighted by molar-refractivity contribution is 5.89. The van der Waals surface area contributed by atoms with Crippen LogP contribution in [0.1, 0.15) is 32.6 Å². The molecule has 0 amide bonds. The van der Waals surface area contributed by atoms with Gasteiger partial charge in [-0.25, -0.2) is 0 Å². The zero-order chi connectivity index (χ0) is 13.8. The number of aliphatic imine (C=N–C) groups is 1. The standard InChI is InChI=1S/C16H25N3/c1-3-19-16-9-14(8-12-6-7-15(12)16)13(10-17)5-4-11(2)18/h4-5,10,12,14-15H,2-3,6-9,17-18H2,1H3/b5-4-,13-10+,19-16-/t12?,14-,15?/m0/s1. The molecule has 0 aromatic carbocycles. The molecule has 4 N–H and O–H groups in total. The van der Waals surface area contributed by atoms with Crippen LogP contribution in [0.3, 0.4) is 0 Å². The summed E-state index contributed by atoms with van der Waals surface area (Å²) in [6, 6.07) is 0. The fraction of sp³-hybridized carbons (Fsp3) is 0.562. The molecule has 2 saturated carbocycles. The monoisotopic (exact) mass is 259 g/mol. The molecule has 3 nitrogen and oxygen atoms in total. The fourth-order valence-electron chi connectivity index (χ4n) is 3.31. The fourth-order valence-corrected chi connectivity index (χ4v) is 3.31. The Morgan fingerprint density at radius 2 is 2.21 bits per heavy atom. The van der Waals surface area contributed by atoms with Crippen LogP contribution >= 0.6 is 0 Å². The third-order valence-corrected chi connectivity index (χ3v) is 4.40. The first-order chi connectivity index (χ1) is 9.15. The summed E-state index contributed by atoms with van der Waals surface area (Å²) < 4.78 is 0. The summed E-state index contributed by atoms with van der Waals surface area (Å²) in [5, 5.41) is 0. The molecule has 0 saturated heterocycles. The Morgan fingerprint density at radius 3 is 2.74 bits per heavy atom. The second-order valence-electron chi connectivity index (χ2n) is 5.62. The summed E-state index contributed by atoms with van der Waals surface area (Å²) in [5.41, 5.74) is 14.5. The molecule has 0 spiro atoms. The van der Waals surface area contributed by atoms with E-state index in [0.717, 1.165) is 24.8 Å². The molecule has 0 radical (unpaired) electrons. The van der Waals surface area contributed by atoms with E-state index >= 15 is 0 Å². The van der Waals surface area contributed by atoms with Gasteiger partial charge in [-0.1, -0.05) is 12.7 Å². The molecule has 0 aromatic rings. The SMILES string of the molecule is C=C(N)/C=C\C(=C/N)[C@@H]1C/C(=N/CC)C2CCC2C1. The van der Waals surface area contributed by atoms with Gasteiger partial charge in [0.25, 0.3) is 0 Å². The van der Waals surface area contributed by atoms with Gasteiger partial charge in [0, 0.05) is 18.0 Å². The number of fused-ring (bicyclic) bond motifs is 1. The van der Waals surface area contributed by atoms with Crippen LogP contribution in [0.2, 0.25) is 0 Å². The summed E-state index contributed by atoms with van der Waals surface area (Å²) >= 11 is 0. The van der Waals surface area contributed by atoms with Gasteiger partial charge in [0.1, 0.15) is 0 Å². The van der Waals surface area contributed by atoms with Crippen LogP contribution < -0.4 is 11.5 Å². The van der Waals surface area contributed by atoms with E-state index in [1.807, 2.05) is 12.2 Å². The summed E-state index contributed by atoms with van der Waals surface area (Å²) in [6.45, 7) is 6.69. The first kappa shape index (κ1) is 13.9. The Labute approximate surface area is 116 Å². The molecule has 2 aliphatic carbocycles. The second-order valence-corrected chi connectivity index (χ2v) is 5.62. The summed E-state index contributed by atoms with van der Waals surface area (Å²) in [7, 11) is 0. The molecule has 0 aromatic heterocycles. The molecule has 2 aliphatic rings. The van der Waals surface area contributed by atoms with Gasteiger partial charge in [0.2, 0.25) is 0 Å². The molecule has 2 unspecified atom stereocenters. The van der Waals surface area contributed by atoms with Gasteiger partial charge in [-0.05, 0) is 68.2 Å². The molecule has 0 heterocycles. The van der Waals surface area contributed by atoms with Gasteiger partial charge in [0.05, 0.1) is 0 Å². The van der Waals surface area contributed by atoms with Crippen molar-refractivity contribution >= 4 is 5.71 Å². The number of rotatable bonds is 4. The average Bonchev–Trinajstić information content (AvgIpc) is 2.33. The highest BCUT2D eigenvalue weighted by atomic mass is 14.8. The molecule has 0 aliphatic heterocycles. The number of hydrogen-bond acceptors (Lipinski definition) is 3. The van der Waals surface area contributed by atoms with Crippen LogP contribution in [0.25, 0.3) is 0 Å². The maximum atomic E-state index is 5.78. The van der Waals surface area contributed by atoms with Gasteiger partial charge in [-0.15, -0.1) is 0 Å². The molecule has 3 heteroatoms. The van der Waals surface area contributed by atoms with E-state index in [9.17, 15) is 0 Å². The summed E-state index contributed by atoms with van der Waals surface area (Å²) in [5.74, 6) is 2.06. The second kappa shape index (κ2) is 6.09. The number of nitrogens with zero attached hydrogens (tertiary/aromatic N) is 1. The molecular weight excluding hydrogens is 234 g/mol. The van der Waals surface area contributed by atoms with Gasteiger partial charge >= 0.3 is 0 Å². The lowest BCUT2D eigenvalue weighted by Crippen LogP contribution is -2.40. The Hall–Kier alpha value is -1.51. The first-order valence-electron chi connectivity index (χ1n) is 7.23. The van der Waals surface area contributed by atoms with E-state index in [1.54, 1.807) is 6.20 Å². The quantitative estimate of drug-likeness (QED) is 0.762. The third kappa shape index (κ3) is 3.09. The van der Waals surface area contributed by atoms with Gasteiger partial charge in [-0.3, -0.25) is 4.99 Å². The van der Waals surface area contributed by atoms with Crippen molar-refractivity contribution in [3.05, 3.63) is 36.2 Å². The molecule has 0 bridgehead atoms. The lowest BCUT2D eigenvalue weighted by atomic mass is 9.60. The van der Waals surface area contributed by atoms with Crippen LogP contribution in [0.15, 0.2) is 41.2 Å². The molecule has 2 rings (SSSR count). The summed E-state index contributed by atoms with van der Waals surface area (Å²) in [4.78, 5) is 4.71. The van der Waals surface area contributed by atoms with E-state index in [0.29, 0.717) is 11.6 Å². The molecule has 19 heavy (non-hydrogen) atoms. The zero-order valence-corrected chi connectivity index (χ0v) is 11.8. The minimum absolute atomic E-state index is 0.493. The van der Waals surface area contributed by atoms with Crippen LogP contribution in [0, 0.1) is 17.8 Å². The predicted molar refractivity (Wildman–Crippen MR) is 81.7 cm³/mol. The van der Waals surface area contributed by atoms with Gasteiger partial charge in [0.15, 0.2) is 0 Å². The minimum atomic E-state index is 0.493. The highest BCUT2D eigenvalue weighted by Crippen LogP contribution is 2.47. The van der Waals surface area contributed by atoms with Crippen molar-refractivity contribution in [2.24, 2.45) is 34.2 Å². The predicted octanol–water partition coefficient (Wildman–Crippen LogP) is 2.75. The van der Waals surface area contributed by atoms with E-state index in [4.69, 9.17) is 16.5 Å². The maximum Gasteiger partial charge on any atom is 0.0360 e. The molecule has 104 valence electrons. The van der Waals surface area contributed by atoms with Gasteiger partial charge < -0.3 is 11.5 Å². The topological polar surface area (TPSA) is 64.4 Å². The van der Waals surface area contributed by atoms with Crippen LogP contribution in [-0.4, -0.2) is 12.3 Å². The minimum Gasteiger partial charge on any atom is -0.404 e. The highest BCUT2D eigenvalue weighted by Gasteiger charge is 2.41. The number of allylic oxidation sites excluding steroid dienone is 3. The number of nitrogens with two attached hydrogens (primary N) is 2. The van der Waals surface area contributed by atoms with Crippen LogP contribution in [0.4, 0.5) is 0 Å². The Bertz CT molecular complexity index is 431. The van der Waals surface area contributed by atoms with Crippen molar-refractivity contribution < 1.29 is 0 Å². The normalized spacial score (nSPS) is 33.2. The van der Waals surface area contributed by atoms with Crippen LogP contribution in [0.5, 0.6) is 0 Å².